The molecule has 21 heavy (non-hydrogen) atoms. The molecule has 2 heterocycles. The first-order valence-electron chi connectivity index (χ1n) is 6.65. The quantitative estimate of drug-likeness (QED) is 0.535. The second-order valence-electron chi connectivity index (χ2n) is 4.82. The Balaban J connectivity index is 2.08. The third kappa shape index (κ3) is 1.89. The van der Waals surface area contributed by atoms with Crippen molar-refractivity contribution in [2.45, 2.75) is 0 Å². The van der Waals surface area contributed by atoms with Crippen molar-refractivity contribution in [2.75, 3.05) is 0 Å². The first kappa shape index (κ1) is 11.8. The van der Waals surface area contributed by atoms with E-state index >= 15 is 0 Å². The van der Waals surface area contributed by atoms with Gasteiger partial charge in [-0.3, -0.25) is 9.55 Å². The maximum Gasteiger partial charge on any atom is 0.352 e. The summed E-state index contributed by atoms with van der Waals surface area (Å²) in [6.07, 6.45) is 3.31. The summed E-state index contributed by atoms with van der Waals surface area (Å²) in [6.45, 7) is 0. The molecule has 2 aromatic heterocycles. The number of aromatic nitrogens is 3. The fourth-order valence-corrected chi connectivity index (χ4v) is 2.52. The minimum atomic E-state index is -0.300. The number of hydrogen-bond donors (Lipinski definition) is 0. The van der Waals surface area contributed by atoms with Crippen molar-refractivity contribution in [3.63, 3.8) is 0 Å². The molecule has 0 unspecified atom stereocenters. The molecule has 0 aliphatic rings. The molecule has 0 bridgehead atoms. The average Bonchev–Trinajstić information content (AvgIpc) is 2.54. The zero-order valence-electron chi connectivity index (χ0n) is 11.1. The lowest BCUT2D eigenvalue weighted by Crippen LogP contribution is -2.21. The van der Waals surface area contributed by atoms with E-state index in [9.17, 15) is 4.79 Å². The largest absolute Gasteiger partial charge is 0.352 e. The molecular weight excluding hydrogens is 262 g/mol. The van der Waals surface area contributed by atoms with Crippen molar-refractivity contribution in [3.8, 4) is 5.69 Å². The average molecular weight is 273 g/mol. The van der Waals surface area contributed by atoms with Crippen LogP contribution in [-0.4, -0.2) is 14.5 Å². The van der Waals surface area contributed by atoms with Gasteiger partial charge in [0.05, 0.1) is 22.9 Å². The van der Waals surface area contributed by atoms with Crippen LogP contribution < -0.4 is 5.69 Å². The smallest absolute Gasteiger partial charge is 0.259 e. The van der Waals surface area contributed by atoms with Gasteiger partial charge in [-0.15, -0.1) is 0 Å². The summed E-state index contributed by atoms with van der Waals surface area (Å²) in [5, 5.41) is 1.92. The molecule has 0 aliphatic carbocycles. The maximum absolute atomic E-state index is 12.2. The SMILES string of the molecule is O=c1ncc2ccccc2n1-c1cnc2ccccc2c1. The van der Waals surface area contributed by atoms with Gasteiger partial charge in [-0.25, -0.2) is 9.78 Å². The van der Waals surface area contributed by atoms with Crippen LogP contribution in [0.5, 0.6) is 0 Å². The van der Waals surface area contributed by atoms with E-state index in [1.165, 1.54) is 0 Å². The Kier molecular flexibility index (Phi) is 2.54. The summed E-state index contributed by atoms with van der Waals surface area (Å²) < 4.78 is 1.59. The van der Waals surface area contributed by atoms with Crippen LogP contribution in [0.25, 0.3) is 27.5 Å². The van der Waals surface area contributed by atoms with Crippen LogP contribution in [0.2, 0.25) is 0 Å². The Labute approximate surface area is 120 Å². The van der Waals surface area contributed by atoms with Gasteiger partial charge in [0.15, 0.2) is 0 Å². The Morgan fingerprint density at radius 2 is 1.57 bits per heavy atom. The first-order chi connectivity index (χ1) is 10.3. The maximum atomic E-state index is 12.2. The fourth-order valence-electron chi connectivity index (χ4n) is 2.52. The predicted molar refractivity (Wildman–Crippen MR) is 82.6 cm³/mol. The topological polar surface area (TPSA) is 47.8 Å². The standard InChI is InChI=1S/C17H11N3O/c21-17-19-10-13-6-2-4-8-16(13)20(17)14-9-12-5-1-3-7-15(12)18-11-14/h1-11H. The van der Waals surface area contributed by atoms with E-state index in [2.05, 4.69) is 9.97 Å². The van der Waals surface area contributed by atoms with Crippen molar-refractivity contribution in [1.82, 2.24) is 14.5 Å². The molecule has 4 aromatic rings. The summed E-state index contributed by atoms with van der Waals surface area (Å²) in [4.78, 5) is 20.6. The van der Waals surface area contributed by atoms with Gasteiger partial charge in [0, 0.05) is 17.0 Å². The third-order valence-electron chi connectivity index (χ3n) is 3.52. The highest BCUT2D eigenvalue weighted by molar-refractivity contribution is 5.83. The Morgan fingerprint density at radius 3 is 2.48 bits per heavy atom. The van der Waals surface area contributed by atoms with E-state index in [0.29, 0.717) is 0 Å². The Morgan fingerprint density at radius 1 is 0.810 bits per heavy atom. The lowest BCUT2D eigenvalue weighted by Gasteiger charge is -2.09. The van der Waals surface area contributed by atoms with Crippen molar-refractivity contribution in [1.29, 1.82) is 0 Å². The van der Waals surface area contributed by atoms with Crippen LogP contribution in [0, 0.1) is 0 Å². The lowest BCUT2D eigenvalue weighted by atomic mass is 10.2. The molecule has 4 rings (SSSR count). The summed E-state index contributed by atoms with van der Waals surface area (Å²) in [6, 6.07) is 17.5. The summed E-state index contributed by atoms with van der Waals surface area (Å²) in [5.74, 6) is 0. The van der Waals surface area contributed by atoms with Gasteiger partial charge >= 0.3 is 5.69 Å². The zero-order valence-corrected chi connectivity index (χ0v) is 11.1. The summed E-state index contributed by atoms with van der Waals surface area (Å²) in [5.41, 5.74) is 2.16. The normalized spacial score (nSPS) is 11.0. The van der Waals surface area contributed by atoms with E-state index in [1.807, 2.05) is 54.6 Å². The Hall–Kier alpha value is -3.01. The highest BCUT2D eigenvalue weighted by atomic mass is 16.1. The van der Waals surface area contributed by atoms with Crippen LogP contribution in [0.1, 0.15) is 0 Å². The summed E-state index contributed by atoms with van der Waals surface area (Å²) in [7, 11) is 0. The molecular formula is C17H11N3O. The number of fused-ring (bicyclic) bond motifs is 2. The van der Waals surface area contributed by atoms with Gasteiger partial charge in [0.2, 0.25) is 0 Å². The molecule has 100 valence electrons. The minimum Gasteiger partial charge on any atom is -0.259 e. The Bertz CT molecular complexity index is 1020. The second kappa shape index (κ2) is 4.52. The lowest BCUT2D eigenvalue weighted by molar-refractivity contribution is 0.955. The van der Waals surface area contributed by atoms with Crippen molar-refractivity contribution in [3.05, 3.63) is 77.5 Å². The van der Waals surface area contributed by atoms with Gasteiger partial charge in [-0.05, 0) is 18.2 Å². The van der Waals surface area contributed by atoms with E-state index in [0.717, 1.165) is 27.5 Å². The third-order valence-corrected chi connectivity index (χ3v) is 3.52. The van der Waals surface area contributed by atoms with Crippen molar-refractivity contribution in [2.24, 2.45) is 0 Å². The van der Waals surface area contributed by atoms with Crippen LogP contribution in [0.4, 0.5) is 0 Å². The molecule has 0 fully saturated rings. The minimum absolute atomic E-state index is 0.300. The number of para-hydroxylation sites is 2. The monoisotopic (exact) mass is 273 g/mol. The molecule has 0 atom stereocenters. The van der Waals surface area contributed by atoms with Crippen LogP contribution in [-0.2, 0) is 0 Å². The zero-order chi connectivity index (χ0) is 14.2. The highest BCUT2D eigenvalue weighted by Crippen LogP contribution is 2.18. The highest BCUT2D eigenvalue weighted by Gasteiger charge is 2.07. The van der Waals surface area contributed by atoms with Gasteiger partial charge in [0.1, 0.15) is 0 Å². The van der Waals surface area contributed by atoms with Crippen LogP contribution in [0.3, 0.4) is 0 Å². The molecule has 4 heteroatoms. The van der Waals surface area contributed by atoms with E-state index in [1.54, 1.807) is 17.0 Å². The summed E-state index contributed by atoms with van der Waals surface area (Å²) >= 11 is 0. The molecule has 0 spiro atoms. The molecule has 0 N–H and O–H groups in total. The van der Waals surface area contributed by atoms with E-state index < -0.39 is 0 Å². The molecule has 0 radical (unpaired) electrons. The number of benzene rings is 2. The molecule has 2 aromatic carbocycles. The van der Waals surface area contributed by atoms with Gasteiger partial charge in [0.25, 0.3) is 0 Å². The van der Waals surface area contributed by atoms with Gasteiger partial charge in [-0.1, -0.05) is 36.4 Å². The number of nitrogens with zero attached hydrogens (tertiary/aromatic N) is 3. The molecule has 4 nitrogen and oxygen atoms in total. The van der Waals surface area contributed by atoms with Crippen molar-refractivity contribution >= 4 is 21.8 Å². The number of rotatable bonds is 1. The molecule has 0 saturated carbocycles. The van der Waals surface area contributed by atoms with E-state index in [-0.39, 0.29) is 5.69 Å². The second-order valence-corrected chi connectivity index (χ2v) is 4.82. The fraction of sp³-hybridized carbons (Fsp3) is 0. The van der Waals surface area contributed by atoms with E-state index in [4.69, 9.17) is 0 Å². The van der Waals surface area contributed by atoms with Crippen LogP contribution in [0.15, 0.2) is 71.8 Å². The molecule has 0 amide bonds. The predicted octanol–water partition coefficient (Wildman–Crippen LogP) is 2.93. The molecule has 0 aliphatic heterocycles. The number of pyridine rings is 1. The molecule has 0 saturated heterocycles. The first-order valence-corrected chi connectivity index (χ1v) is 6.65. The van der Waals surface area contributed by atoms with Gasteiger partial charge in [-0.2, -0.15) is 0 Å². The van der Waals surface area contributed by atoms with Gasteiger partial charge < -0.3 is 0 Å². The van der Waals surface area contributed by atoms with Crippen LogP contribution >= 0.6 is 0 Å². The number of hydrogen-bond acceptors (Lipinski definition) is 3. The van der Waals surface area contributed by atoms with Crippen molar-refractivity contribution < 1.29 is 0 Å².